The summed E-state index contributed by atoms with van der Waals surface area (Å²) in [6.45, 7) is 12.8. The maximum absolute atomic E-state index is 10.4. The summed E-state index contributed by atoms with van der Waals surface area (Å²) in [4.78, 5) is 0. The van der Waals surface area contributed by atoms with Gasteiger partial charge in [0.25, 0.3) is 0 Å². The summed E-state index contributed by atoms with van der Waals surface area (Å²) in [5, 5.41) is 30.6. The fourth-order valence-electron chi connectivity index (χ4n) is 6.55. The van der Waals surface area contributed by atoms with E-state index in [2.05, 4.69) is 50.5 Å². The molecule has 0 heterocycles. The minimum Gasteiger partial charge on any atom is -0.393 e. The summed E-state index contributed by atoms with van der Waals surface area (Å²) < 4.78 is 0. The first-order chi connectivity index (χ1) is 15.6. The van der Waals surface area contributed by atoms with Crippen LogP contribution in [0.5, 0.6) is 0 Å². The predicted octanol–water partition coefficient (Wildman–Crippen LogP) is 6.51. The summed E-state index contributed by atoms with van der Waals surface area (Å²) in [6, 6.07) is 0. The van der Waals surface area contributed by atoms with Gasteiger partial charge in [-0.25, -0.2) is 0 Å². The lowest BCUT2D eigenvalue weighted by Crippen LogP contribution is -2.35. The van der Waals surface area contributed by atoms with Crippen molar-refractivity contribution in [2.45, 2.75) is 111 Å². The van der Waals surface area contributed by atoms with Crippen molar-refractivity contribution in [1.29, 1.82) is 0 Å². The van der Waals surface area contributed by atoms with E-state index in [1.54, 1.807) is 0 Å². The van der Waals surface area contributed by atoms with E-state index in [4.69, 9.17) is 0 Å². The Kier molecular flexibility index (Phi) is 10.0. The highest BCUT2D eigenvalue weighted by Crippen LogP contribution is 2.59. The quantitative estimate of drug-likeness (QED) is 0.403. The number of allylic oxidation sites excluding steroid dienone is 5. The van der Waals surface area contributed by atoms with Crippen LogP contribution in [0.3, 0.4) is 0 Å². The number of hydrogen-bond acceptors (Lipinski definition) is 3. The zero-order valence-electron chi connectivity index (χ0n) is 21.1. The lowest BCUT2D eigenvalue weighted by atomic mass is 9.61. The number of hydrogen-bond donors (Lipinski definition) is 3. The maximum atomic E-state index is 10.4. The molecule has 3 saturated carbocycles. The Morgan fingerprint density at radius 3 is 2.59 bits per heavy atom. The van der Waals surface area contributed by atoms with Crippen LogP contribution in [0.25, 0.3) is 0 Å². The standard InChI is InChI=1S/C30H44O3.CH4/c1-6-30(33,7-2)18-9-8-11-21(3)26-15-16-27-23(12-10-17-29(26,27)5)13-14-24-19-25(31)20-28(32)22(24)4;/h8,11,13-14,21,25-28,31-33H,4,6-7,10,12,15-17,19-20H2,1-3,5H3;1H4/b11-8+,23-13+,24-14-;/t21-,25-,26-,27+,28+,29-;/m1./s1. The molecule has 3 aliphatic rings. The van der Waals surface area contributed by atoms with E-state index in [1.165, 1.54) is 31.3 Å². The monoisotopic (exact) mass is 468 g/mol. The van der Waals surface area contributed by atoms with Crippen molar-refractivity contribution in [1.82, 2.24) is 0 Å². The Hall–Kier alpha value is -1.60. The second-order valence-electron chi connectivity index (χ2n) is 10.9. The summed E-state index contributed by atoms with van der Waals surface area (Å²) in [6.07, 6.45) is 15.8. The fourth-order valence-corrected chi connectivity index (χ4v) is 6.55. The van der Waals surface area contributed by atoms with E-state index in [-0.39, 0.29) is 12.8 Å². The van der Waals surface area contributed by atoms with Crippen LogP contribution in [-0.4, -0.2) is 33.1 Å². The van der Waals surface area contributed by atoms with Crippen LogP contribution >= 0.6 is 0 Å². The van der Waals surface area contributed by atoms with Gasteiger partial charge < -0.3 is 15.3 Å². The zero-order valence-corrected chi connectivity index (χ0v) is 21.1. The third kappa shape index (κ3) is 6.14. The maximum Gasteiger partial charge on any atom is 0.125 e. The largest absolute Gasteiger partial charge is 0.393 e. The van der Waals surface area contributed by atoms with Gasteiger partial charge in [0, 0.05) is 6.42 Å². The first kappa shape index (κ1) is 28.6. The summed E-state index contributed by atoms with van der Waals surface area (Å²) in [5.41, 5.74) is 2.69. The fraction of sp³-hybridized carbons (Fsp3) is 0.677. The molecule has 0 aromatic heterocycles. The number of aliphatic hydroxyl groups is 3. The second kappa shape index (κ2) is 11.9. The Bertz CT molecular complexity index is 863. The average Bonchev–Trinajstić information content (AvgIpc) is 3.15. The average molecular weight is 469 g/mol. The van der Waals surface area contributed by atoms with Crippen molar-refractivity contribution in [3.05, 3.63) is 47.6 Å². The zero-order chi connectivity index (χ0) is 24.2. The van der Waals surface area contributed by atoms with Crippen molar-refractivity contribution in [3.63, 3.8) is 0 Å². The van der Waals surface area contributed by atoms with Crippen LogP contribution in [0.15, 0.2) is 47.6 Å². The van der Waals surface area contributed by atoms with Gasteiger partial charge in [-0.1, -0.05) is 77.3 Å². The minimum atomic E-state index is -0.870. The van der Waals surface area contributed by atoms with Gasteiger partial charge in [-0.2, -0.15) is 0 Å². The topological polar surface area (TPSA) is 60.7 Å². The molecule has 3 N–H and O–H groups in total. The molecule has 34 heavy (non-hydrogen) atoms. The lowest BCUT2D eigenvalue weighted by Gasteiger charge is -2.44. The molecule has 3 nitrogen and oxygen atoms in total. The number of rotatable bonds is 5. The lowest BCUT2D eigenvalue weighted by molar-refractivity contribution is 0.0862. The van der Waals surface area contributed by atoms with Gasteiger partial charge in [0.05, 0.1) is 12.2 Å². The molecule has 3 rings (SSSR count). The van der Waals surface area contributed by atoms with Crippen LogP contribution in [0.1, 0.15) is 92.9 Å². The minimum absolute atomic E-state index is 0. The van der Waals surface area contributed by atoms with Crippen molar-refractivity contribution in [3.8, 4) is 11.8 Å². The Labute approximate surface area is 208 Å². The number of aliphatic hydroxyl groups excluding tert-OH is 2. The second-order valence-corrected chi connectivity index (χ2v) is 10.9. The van der Waals surface area contributed by atoms with Crippen LogP contribution < -0.4 is 0 Å². The predicted molar refractivity (Wildman–Crippen MR) is 143 cm³/mol. The molecular formula is C31H48O3. The molecule has 0 spiro atoms. The van der Waals surface area contributed by atoms with Crippen molar-refractivity contribution < 1.29 is 15.3 Å². The smallest absolute Gasteiger partial charge is 0.125 e. The highest BCUT2D eigenvalue weighted by Gasteiger charge is 2.50. The molecule has 0 aromatic carbocycles. The molecule has 3 aliphatic carbocycles. The van der Waals surface area contributed by atoms with Crippen LogP contribution in [0.2, 0.25) is 0 Å². The molecule has 190 valence electrons. The molecule has 0 aromatic rings. The Morgan fingerprint density at radius 1 is 1.21 bits per heavy atom. The van der Waals surface area contributed by atoms with Crippen LogP contribution in [0, 0.1) is 35.0 Å². The van der Waals surface area contributed by atoms with Gasteiger partial charge in [0.15, 0.2) is 0 Å². The van der Waals surface area contributed by atoms with Crippen molar-refractivity contribution >= 4 is 0 Å². The molecule has 0 saturated heterocycles. The Balaban J connectivity index is 0.00000408. The molecule has 0 radical (unpaired) electrons. The molecule has 3 fully saturated rings. The Morgan fingerprint density at radius 2 is 1.91 bits per heavy atom. The van der Waals surface area contributed by atoms with E-state index in [0.29, 0.717) is 43.4 Å². The van der Waals surface area contributed by atoms with Gasteiger partial charge in [0.2, 0.25) is 0 Å². The van der Waals surface area contributed by atoms with Gasteiger partial charge in [-0.15, -0.1) is 0 Å². The van der Waals surface area contributed by atoms with E-state index < -0.39 is 17.8 Å². The third-order valence-electron chi connectivity index (χ3n) is 8.89. The van der Waals surface area contributed by atoms with Gasteiger partial charge >= 0.3 is 0 Å². The molecule has 0 bridgehead atoms. The van der Waals surface area contributed by atoms with E-state index in [1.807, 2.05) is 19.9 Å². The summed E-state index contributed by atoms with van der Waals surface area (Å²) in [7, 11) is 0. The van der Waals surface area contributed by atoms with Gasteiger partial charge in [0.1, 0.15) is 5.60 Å². The van der Waals surface area contributed by atoms with E-state index in [9.17, 15) is 15.3 Å². The van der Waals surface area contributed by atoms with Crippen LogP contribution in [0.4, 0.5) is 0 Å². The molecule has 0 aliphatic heterocycles. The van der Waals surface area contributed by atoms with Crippen molar-refractivity contribution in [2.75, 3.05) is 0 Å². The summed E-state index contributed by atoms with van der Waals surface area (Å²) in [5.74, 6) is 7.79. The van der Waals surface area contributed by atoms with E-state index >= 15 is 0 Å². The molecule has 0 unspecified atom stereocenters. The SMILES string of the molecule is C.C=C1/C(=C\C=C2/CCC[C@]3(C)[C@@H]([C@H](C)/C=C/C#CC(O)(CC)CC)CC[C@@H]23)C[C@@H](O)C[C@@H]1O. The van der Waals surface area contributed by atoms with Crippen LogP contribution in [-0.2, 0) is 0 Å². The van der Waals surface area contributed by atoms with E-state index in [0.717, 1.165) is 17.6 Å². The van der Waals surface area contributed by atoms with Crippen molar-refractivity contribution in [2.24, 2.45) is 23.2 Å². The highest BCUT2D eigenvalue weighted by atomic mass is 16.3. The number of fused-ring (bicyclic) bond motifs is 1. The molecule has 3 heteroatoms. The molecular weight excluding hydrogens is 420 g/mol. The van der Waals surface area contributed by atoms with Gasteiger partial charge in [-0.3, -0.25) is 0 Å². The first-order valence-corrected chi connectivity index (χ1v) is 13.0. The highest BCUT2D eigenvalue weighted by molar-refractivity contribution is 5.38. The third-order valence-corrected chi connectivity index (χ3v) is 8.89. The normalized spacial score (nSPS) is 35.1. The summed E-state index contributed by atoms with van der Waals surface area (Å²) >= 11 is 0. The molecule has 6 atom stereocenters. The molecule has 0 amide bonds. The first-order valence-electron chi connectivity index (χ1n) is 13.0. The van der Waals surface area contributed by atoms with Gasteiger partial charge in [-0.05, 0) is 91.8 Å².